The summed E-state index contributed by atoms with van der Waals surface area (Å²) in [4.78, 5) is 25.8. The van der Waals surface area contributed by atoms with E-state index >= 15 is 0 Å². The molecular weight excluding hydrogens is 308 g/mol. The van der Waals surface area contributed by atoms with Crippen molar-refractivity contribution in [2.45, 2.75) is 44.9 Å². The molecule has 1 aromatic heterocycles. The smallest absolute Gasteiger partial charge is 0.354 e. The summed E-state index contributed by atoms with van der Waals surface area (Å²) in [5.41, 5.74) is 1.33. The predicted molar refractivity (Wildman–Crippen MR) is 90.6 cm³/mol. The van der Waals surface area contributed by atoms with Gasteiger partial charge in [-0.15, -0.1) is 0 Å². The van der Waals surface area contributed by atoms with Crippen molar-refractivity contribution >= 4 is 11.9 Å². The first-order valence-electron chi connectivity index (χ1n) is 8.26. The third-order valence-corrected chi connectivity index (χ3v) is 4.51. The van der Waals surface area contributed by atoms with E-state index in [1.165, 1.54) is 13.2 Å². The van der Waals surface area contributed by atoms with Gasteiger partial charge in [-0.05, 0) is 43.9 Å². The van der Waals surface area contributed by atoms with Gasteiger partial charge in [-0.1, -0.05) is 6.58 Å². The molecule has 1 aliphatic rings. The van der Waals surface area contributed by atoms with Crippen molar-refractivity contribution in [2.75, 3.05) is 13.7 Å². The van der Waals surface area contributed by atoms with Crippen LogP contribution in [0.1, 0.15) is 42.2 Å². The Morgan fingerprint density at radius 3 is 2.88 bits per heavy atom. The minimum absolute atomic E-state index is 0.0337. The van der Waals surface area contributed by atoms with Crippen LogP contribution in [0.2, 0.25) is 0 Å². The Labute approximate surface area is 143 Å². The van der Waals surface area contributed by atoms with Gasteiger partial charge in [0, 0.05) is 26.4 Å². The molecular formula is C18H26N2O4. The molecule has 132 valence electrons. The first-order chi connectivity index (χ1) is 11.5. The second-order valence-electron chi connectivity index (χ2n) is 6.15. The molecule has 1 amide bonds. The molecule has 2 rings (SSSR count). The Balaban J connectivity index is 2.18. The van der Waals surface area contributed by atoms with Gasteiger partial charge in [0.25, 0.3) is 0 Å². The van der Waals surface area contributed by atoms with Crippen molar-refractivity contribution in [1.29, 1.82) is 0 Å². The summed E-state index contributed by atoms with van der Waals surface area (Å²) in [5.74, 6) is -0.533. The van der Waals surface area contributed by atoms with E-state index in [-0.39, 0.29) is 18.1 Å². The highest BCUT2D eigenvalue weighted by Gasteiger charge is 2.29. The highest BCUT2D eigenvalue weighted by molar-refractivity contribution is 5.88. The van der Waals surface area contributed by atoms with E-state index in [0.717, 1.165) is 31.4 Å². The lowest BCUT2D eigenvalue weighted by molar-refractivity contribution is -0.133. The van der Waals surface area contributed by atoms with Gasteiger partial charge in [-0.25, -0.2) is 4.79 Å². The number of ether oxygens (including phenoxy) is 2. The first-order valence-corrected chi connectivity index (χ1v) is 8.26. The van der Waals surface area contributed by atoms with Crippen molar-refractivity contribution in [1.82, 2.24) is 9.47 Å². The summed E-state index contributed by atoms with van der Waals surface area (Å²) in [6.45, 7) is 6.74. The highest BCUT2D eigenvalue weighted by atomic mass is 16.5. The molecule has 1 fully saturated rings. The largest absolute Gasteiger partial charge is 0.464 e. The lowest BCUT2D eigenvalue weighted by Gasteiger charge is -2.36. The molecule has 6 nitrogen and oxygen atoms in total. The van der Waals surface area contributed by atoms with Crippen LogP contribution in [0, 0.1) is 0 Å². The number of hydrogen-bond donors (Lipinski definition) is 0. The molecule has 0 spiro atoms. The fourth-order valence-electron chi connectivity index (χ4n) is 3.11. The number of aromatic nitrogens is 1. The van der Waals surface area contributed by atoms with Crippen LogP contribution in [-0.2, 0) is 27.9 Å². The number of nitrogens with zero attached hydrogens (tertiary/aromatic N) is 2. The summed E-state index contributed by atoms with van der Waals surface area (Å²) in [5, 5.41) is 0. The zero-order valence-corrected chi connectivity index (χ0v) is 14.7. The van der Waals surface area contributed by atoms with Crippen molar-refractivity contribution in [3.63, 3.8) is 0 Å². The molecule has 0 N–H and O–H groups in total. The number of carbonyl (C=O) groups is 2. The number of methoxy groups -OCH3 is 1. The van der Waals surface area contributed by atoms with E-state index in [9.17, 15) is 9.59 Å². The molecule has 0 radical (unpaired) electrons. The third-order valence-electron chi connectivity index (χ3n) is 4.51. The molecule has 1 saturated heterocycles. The second kappa shape index (κ2) is 8.15. The Kier molecular flexibility index (Phi) is 6.20. The number of amides is 1. The van der Waals surface area contributed by atoms with Gasteiger partial charge in [0.1, 0.15) is 5.69 Å². The van der Waals surface area contributed by atoms with Crippen molar-refractivity contribution < 1.29 is 19.1 Å². The van der Waals surface area contributed by atoms with Crippen LogP contribution < -0.4 is 0 Å². The number of carbonyl (C=O) groups excluding carboxylic acids is 2. The van der Waals surface area contributed by atoms with Crippen LogP contribution >= 0.6 is 0 Å². The van der Waals surface area contributed by atoms with Crippen molar-refractivity contribution in [3.8, 4) is 0 Å². The van der Waals surface area contributed by atoms with E-state index in [1.807, 2.05) is 13.1 Å². The van der Waals surface area contributed by atoms with Crippen molar-refractivity contribution in [3.05, 3.63) is 36.2 Å². The molecule has 0 saturated carbocycles. The average Bonchev–Trinajstić information content (AvgIpc) is 2.99. The van der Waals surface area contributed by atoms with Gasteiger partial charge >= 0.3 is 5.97 Å². The van der Waals surface area contributed by atoms with E-state index < -0.39 is 5.97 Å². The number of esters is 1. The maximum Gasteiger partial charge on any atom is 0.354 e. The molecule has 0 aliphatic carbocycles. The maximum atomic E-state index is 12.3. The molecule has 1 aromatic rings. The van der Waals surface area contributed by atoms with Gasteiger partial charge in [-0.3, -0.25) is 4.79 Å². The standard InChI is InChI=1S/C18H26N2O4/c1-5-17(21)20(13(2)16-8-6-7-9-24-16)12-14-10-15(18(22)23-4)19(3)11-14/h5,10-11,13,16H,1,6-9,12H2,2-4H3. The van der Waals surface area contributed by atoms with Crippen molar-refractivity contribution in [2.24, 2.45) is 7.05 Å². The van der Waals surface area contributed by atoms with E-state index in [4.69, 9.17) is 9.47 Å². The van der Waals surface area contributed by atoms with E-state index in [1.54, 1.807) is 22.6 Å². The van der Waals surface area contributed by atoms with Gasteiger partial charge < -0.3 is 18.9 Å². The normalized spacial score (nSPS) is 18.7. The van der Waals surface area contributed by atoms with Crippen LogP contribution in [0.4, 0.5) is 0 Å². The summed E-state index contributed by atoms with van der Waals surface area (Å²) < 4.78 is 12.3. The molecule has 2 heterocycles. The van der Waals surface area contributed by atoms with Gasteiger partial charge in [0.05, 0.1) is 19.3 Å². The summed E-state index contributed by atoms with van der Waals surface area (Å²) in [7, 11) is 3.13. The molecule has 6 heteroatoms. The Bertz CT molecular complexity index is 602. The summed E-state index contributed by atoms with van der Waals surface area (Å²) in [6, 6.07) is 1.70. The van der Waals surface area contributed by atoms with Gasteiger partial charge in [-0.2, -0.15) is 0 Å². The Hall–Kier alpha value is -2.08. The minimum atomic E-state index is -0.394. The lowest BCUT2D eigenvalue weighted by atomic mass is 10.0. The molecule has 24 heavy (non-hydrogen) atoms. The zero-order valence-electron chi connectivity index (χ0n) is 14.7. The predicted octanol–water partition coefficient (Wildman–Crippen LogP) is 2.28. The second-order valence-corrected chi connectivity index (χ2v) is 6.15. The first kappa shape index (κ1) is 18.3. The molecule has 1 aliphatic heterocycles. The molecule has 0 aromatic carbocycles. The monoisotopic (exact) mass is 334 g/mol. The average molecular weight is 334 g/mol. The van der Waals surface area contributed by atoms with Gasteiger partial charge in [0.2, 0.25) is 5.91 Å². The van der Waals surface area contributed by atoms with Crippen LogP contribution in [0.15, 0.2) is 24.9 Å². The lowest BCUT2D eigenvalue weighted by Crippen LogP contribution is -2.46. The van der Waals surface area contributed by atoms with E-state index in [0.29, 0.717) is 12.2 Å². The summed E-state index contributed by atoms with van der Waals surface area (Å²) >= 11 is 0. The van der Waals surface area contributed by atoms with Crippen LogP contribution in [0.3, 0.4) is 0 Å². The zero-order chi connectivity index (χ0) is 17.7. The molecule has 0 bridgehead atoms. The topological polar surface area (TPSA) is 60.8 Å². The Morgan fingerprint density at radius 2 is 2.29 bits per heavy atom. The number of hydrogen-bond acceptors (Lipinski definition) is 4. The maximum absolute atomic E-state index is 12.3. The fourth-order valence-corrected chi connectivity index (χ4v) is 3.11. The minimum Gasteiger partial charge on any atom is -0.464 e. The Morgan fingerprint density at radius 1 is 1.54 bits per heavy atom. The SMILES string of the molecule is C=CC(=O)N(Cc1cc(C(=O)OC)n(C)c1)C(C)C1CCCCO1. The van der Waals surface area contributed by atoms with Gasteiger partial charge in [0.15, 0.2) is 0 Å². The number of rotatable bonds is 6. The third kappa shape index (κ3) is 4.06. The quantitative estimate of drug-likeness (QED) is 0.591. The molecule has 2 unspecified atom stereocenters. The van der Waals surface area contributed by atoms with Crippen LogP contribution in [0.25, 0.3) is 0 Å². The number of aryl methyl sites for hydroxylation is 1. The highest BCUT2D eigenvalue weighted by Crippen LogP contribution is 2.22. The molecule has 2 atom stereocenters. The fraction of sp³-hybridized carbons (Fsp3) is 0.556. The van der Waals surface area contributed by atoms with Crippen LogP contribution in [0.5, 0.6) is 0 Å². The summed E-state index contributed by atoms with van der Waals surface area (Å²) in [6.07, 6.45) is 6.33. The van der Waals surface area contributed by atoms with E-state index in [2.05, 4.69) is 6.58 Å². The van der Waals surface area contributed by atoms with Crippen LogP contribution in [-0.4, -0.2) is 47.2 Å².